The molecule has 0 saturated carbocycles. The third-order valence-electron chi connectivity index (χ3n) is 12.7. The Kier molecular flexibility index (Phi) is 21.9. The molecule has 0 bridgehead atoms. The molecule has 2 aromatic carbocycles. The number of hydrogen-bond donors (Lipinski definition) is 7. The van der Waals surface area contributed by atoms with E-state index in [1.54, 1.807) is 49.7 Å². The van der Waals surface area contributed by atoms with Crippen LogP contribution in [0, 0.1) is 23.0 Å². The van der Waals surface area contributed by atoms with Gasteiger partial charge < -0.3 is 46.7 Å². The van der Waals surface area contributed by atoms with Gasteiger partial charge in [0.25, 0.3) is 11.8 Å². The van der Waals surface area contributed by atoms with Gasteiger partial charge in [0.15, 0.2) is 11.6 Å². The number of carbonyl (C=O) groups excluding carboxylic acids is 10. The van der Waals surface area contributed by atoms with Crippen LogP contribution in [0.25, 0.3) is 11.1 Å². The summed E-state index contributed by atoms with van der Waals surface area (Å²) in [5, 5.41) is 30.7. The molecule has 8 amide bonds. The van der Waals surface area contributed by atoms with Gasteiger partial charge in [0.2, 0.25) is 35.4 Å². The lowest BCUT2D eigenvalue weighted by atomic mass is 9.82. The van der Waals surface area contributed by atoms with Crippen LogP contribution in [0.1, 0.15) is 82.7 Å². The quantitative estimate of drug-likeness (QED) is 0.0302. The lowest BCUT2D eigenvalue weighted by Crippen LogP contribution is -2.56. The minimum absolute atomic E-state index is 0.00256. The van der Waals surface area contributed by atoms with Gasteiger partial charge >= 0.3 is 0 Å². The fraction of sp³-hybridized carbons (Fsp3) is 0.400. The van der Waals surface area contributed by atoms with E-state index in [1.807, 2.05) is 30.3 Å². The van der Waals surface area contributed by atoms with E-state index in [2.05, 4.69) is 26.3 Å². The van der Waals surface area contributed by atoms with E-state index in [-0.39, 0.29) is 50.0 Å². The molecule has 5 atom stereocenters. The Balaban J connectivity index is 1.42. The first-order valence-electron chi connectivity index (χ1n) is 25.1. The number of aliphatic hydroxyl groups is 2. The van der Waals surface area contributed by atoms with Gasteiger partial charge in [-0.15, -0.1) is 0 Å². The highest BCUT2D eigenvalue weighted by molar-refractivity contribution is 6.14. The first-order valence-corrected chi connectivity index (χ1v) is 25.1. The van der Waals surface area contributed by atoms with E-state index < -0.39 is 145 Å². The van der Waals surface area contributed by atoms with E-state index in [0.717, 1.165) is 40.8 Å². The molecule has 0 radical (unpaired) electrons. The number of benzene rings is 2. The lowest BCUT2D eigenvalue weighted by Gasteiger charge is -2.41. The van der Waals surface area contributed by atoms with E-state index >= 15 is 4.39 Å². The van der Waals surface area contributed by atoms with Gasteiger partial charge in [0.1, 0.15) is 30.3 Å². The second-order valence-electron chi connectivity index (χ2n) is 19.9. The summed E-state index contributed by atoms with van der Waals surface area (Å²) in [6.07, 6.45) is 4.50. The van der Waals surface area contributed by atoms with Gasteiger partial charge in [-0.25, -0.2) is 8.78 Å². The molecule has 0 saturated heterocycles. The summed E-state index contributed by atoms with van der Waals surface area (Å²) in [5.41, 5.74) is 6.63. The molecule has 78 heavy (non-hydrogen) atoms. The van der Waals surface area contributed by atoms with Crippen LogP contribution in [0.15, 0.2) is 97.5 Å². The fourth-order valence-corrected chi connectivity index (χ4v) is 8.79. The molecule has 1 aliphatic heterocycles. The Morgan fingerprint density at radius 1 is 0.808 bits per heavy atom. The maximum atomic E-state index is 15.4. The molecule has 416 valence electrons. The summed E-state index contributed by atoms with van der Waals surface area (Å²) >= 11 is 0. The summed E-state index contributed by atoms with van der Waals surface area (Å²) in [4.78, 5) is 137. The van der Waals surface area contributed by atoms with Crippen molar-refractivity contribution in [3.8, 4) is 11.1 Å². The molecular weight excluding hydrogens is 1020 g/mol. The predicted molar refractivity (Wildman–Crippen MR) is 277 cm³/mol. The SMILES string of the molecule is C[C@H](NC(=O)Cc1ccncc1)C(=O)C[C@H](CO)C(=O)N[C@@H](CC(N)=O)C(=O)N[C@@H](CCN(C(=O)CO)[C@@H](c1cc(-c2cc(F)ccc2F)cn1Cc1ccccc1)C(C)(C)C)C(=O)NCCCC(=O)CN1C(=O)C=CC1=O. The van der Waals surface area contributed by atoms with Crippen LogP contribution in [0.5, 0.6) is 0 Å². The Morgan fingerprint density at radius 2 is 1.47 bits per heavy atom. The number of nitrogens with two attached hydrogens (primary N) is 1. The minimum atomic E-state index is -1.81. The largest absolute Gasteiger partial charge is 0.396 e. The number of aromatic nitrogens is 2. The van der Waals surface area contributed by atoms with Gasteiger partial charge in [-0.05, 0) is 72.7 Å². The first kappa shape index (κ1) is 60.6. The number of hydrogen-bond acceptors (Lipinski definition) is 13. The number of Topliss-reactive ketones (excluding diaryl/α,β-unsaturated/α-hetero) is 2. The normalized spacial score (nSPS) is 14.2. The van der Waals surface area contributed by atoms with E-state index in [9.17, 15) is 62.5 Å². The Morgan fingerprint density at radius 3 is 2.10 bits per heavy atom. The van der Waals surface area contributed by atoms with Crippen LogP contribution < -0.4 is 27.0 Å². The predicted octanol–water partition coefficient (Wildman–Crippen LogP) is 1.73. The van der Waals surface area contributed by atoms with Gasteiger partial charge in [0.05, 0.1) is 44.0 Å². The van der Waals surface area contributed by atoms with Gasteiger partial charge in [0, 0.05) is 80.0 Å². The number of primary amides is 1. The molecule has 23 heteroatoms. The zero-order valence-electron chi connectivity index (χ0n) is 43.7. The van der Waals surface area contributed by atoms with E-state index in [4.69, 9.17) is 5.73 Å². The minimum Gasteiger partial charge on any atom is -0.396 e. The first-order chi connectivity index (χ1) is 37.0. The van der Waals surface area contributed by atoms with Gasteiger partial charge in [-0.3, -0.25) is 57.8 Å². The number of amides is 8. The third kappa shape index (κ3) is 17.4. The zero-order valence-corrected chi connectivity index (χ0v) is 43.7. The van der Waals surface area contributed by atoms with Crippen molar-refractivity contribution in [2.24, 2.45) is 17.1 Å². The smallest absolute Gasteiger partial charge is 0.254 e. The van der Waals surface area contributed by atoms with Crippen molar-refractivity contribution in [1.82, 2.24) is 40.6 Å². The number of imide groups is 1. The molecular formula is C55H65F2N9O12. The second-order valence-corrected chi connectivity index (χ2v) is 19.9. The van der Waals surface area contributed by atoms with E-state index in [0.29, 0.717) is 11.3 Å². The highest BCUT2D eigenvalue weighted by Crippen LogP contribution is 2.41. The van der Waals surface area contributed by atoms with Crippen molar-refractivity contribution in [1.29, 1.82) is 0 Å². The number of carbonyl (C=O) groups is 10. The van der Waals surface area contributed by atoms with Gasteiger partial charge in [-0.1, -0.05) is 51.1 Å². The second kappa shape index (κ2) is 28.2. The van der Waals surface area contributed by atoms with Crippen molar-refractivity contribution in [3.05, 3.63) is 126 Å². The molecule has 2 aromatic heterocycles. The molecule has 0 fully saturated rings. The fourth-order valence-electron chi connectivity index (χ4n) is 8.79. The molecule has 0 unspecified atom stereocenters. The highest BCUT2D eigenvalue weighted by Gasteiger charge is 2.39. The number of nitrogens with one attached hydrogen (secondary N) is 4. The molecule has 1 aliphatic rings. The summed E-state index contributed by atoms with van der Waals surface area (Å²) in [6.45, 7) is 3.93. The van der Waals surface area contributed by atoms with E-state index in [1.165, 1.54) is 24.2 Å². The molecule has 3 heterocycles. The van der Waals surface area contributed by atoms with Crippen molar-refractivity contribution >= 4 is 58.8 Å². The maximum absolute atomic E-state index is 15.4. The highest BCUT2D eigenvalue weighted by atomic mass is 19.1. The van der Waals surface area contributed by atoms with Crippen LogP contribution in [0.3, 0.4) is 0 Å². The number of ketones is 2. The van der Waals surface area contributed by atoms with Crippen LogP contribution in [0.4, 0.5) is 8.78 Å². The molecule has 0 aliphatic carbocycles. The van der Waals surface area contributed by atoms with Crippen molar-refractivity contribution in [2.45, 2.75) is 96.9 Å². The number of pyridine rings is 1. The number of rotatable bonds is 29. The Bertz CT molecular complexity index is 2860. The summed E-state index contributed by atoms with van der Waals surface area (Å²) < 4.78 is 31.8. The molecule has 0 spiro atoms. The number of aliphatic hydroxyl groups excluding tert-OH is 2. The van der Waals surface area contributed by atoms with Crippen LogP contribution in [-0.2, 0) is 60.9 Å². The number of nitrogens with zero attached hydrogens (tertiary/aromatic N) is 4. The topological polar surface area (TPSA) is 310 Å². The summed E-state index contributed by atoms with van der Waals surface area (Å²) in [5.74, 6) is -10.9. The van der Waals surface area contributed by atoms with Crippen molar-refractivity contribution in [3.63, 3.8) is 0 Å². The van der Waals surface area contributed by atoms with Crippen LogP contribution in [0.2, 0.25) is 0 Å². The Labute approximate surface area is 449 Å². The summed E-state index contributed by atoms with van der Waals surface area (Å²) in [7, 11) is 0. The monoisotopic (exact) mass is 1080 g/mol. The Hall–Kier alpha value is -8.31. The van der Waals surface area contributed by atoms with Crippen molar-refractivity contribution < 1.29 is 66.9 Å². The molecule has 8 N–H and O–H groups in total. The zero-order chi connectivity index (χ0) is 57.3. The molecule has 4 aromatic rings. The average Bonchev–Trinajstić information content (AvgIpc) is 4.00. The standard InChI is InChI=1S/C55H65F2N9O12/c1-33(61-47(72)23-34-16-20-59-21-17-34)45(70)25-37(31-67)52(76)63-43(27-46(58)71)54(78)62-42(53(77)60-19-8-11-39(69)30-66-48(73)14-15-49(66)74)18-22-65(50(75)32-68)51(55(2,3)4)44-24-36(40-26-38(56)12-13-41(40)57)29-64(44)28-35-9-6-5-7-10-35/h5-7,9-10,12-17,20-21,24,26,29,33,37,42-43,51,67-68H,8,11,18-19,22-23,25,27-28,30-32H2,1-4H3,(H2,58,71)(H,60,77)(H,61,72)(H,62,78)(H,63,76)/t33-,37+,42-,43-,51-/m0/s1. The number of halogens is 2. The molecule has 21 nitrogen and oxygen atoms in total. The molecule has 5 rings (SSSR count). The third-order valence-corrected chi connectivity index (χ3v) is 12.7. The van der Waals surface area contributed by atoms with Crippen LogP contribution in [-0.4, -0.2) is 139 Å². The lowest BCUT2D eigenvalue weighted by molar-refractivity contribution is -0.141. The maximum Gasteiger partial charge on any atom is 0.254 e. The van der Waals surface area contributed by atoms with Gasteiger partial charge in [-0.2, -0.15) is 0 Å². The average molecular weight is 1080 g/mol. The van der Waals surface area contributed by atoms with Crippen LogP contribution >= 0.6 is 0 Å². The summed E-state index contributed by atoms with van der Waals surface area (Å²) in [6, 6.07) is 11.4. The van der Waals surface area contributed by atoms with Crippen molar-refractivity contribution in [2.75, 3.05) is 32.8 Å².